The molecule has 31 heavy (non-hydrogen) atoms. The molecular weight excluding hydrogens is 410 g/mol. The molecule has 3 aromatic carbocycles. The Morgan fingerprint density at radius 1 is 0.871 bits per heavy atom. The number of sulfonamides is 1. The molecule has 156 valence electrons. The van der Waals surface area contributed by atoms with Gasteiger partial charge in [-0.25, -0.2) is 12.7 Å². The van der Waals surface area contributed by atoms with Gasteiger partial charge in [0.1, 0.15) is 0 Å². The fraction of sp³-hybridized carbons (Fsp3) is 0.0833. The molecule has 1 heterocycles. The van der Waals surface area contributed by atoms with Crippen molar-refractivity contribution in [2.45, 2.75) is 4.90 Å². The number of fused-ring (bicyclic) bond motifs is 1. The Morgan fingerprint density at radius 3 is 2.39 bits per heavy atom. The van der Waals surface area contributed by atoms with Crippen molar-refractivity contribution in [1.29, 1.82) is 0 Å². The van der Waals surface area contributed by atoms with Crippen molar-refractivity contribution in [2.75, 3.05) is 19.4 Å². The molecule has 0 radical (unpaired) electrons. The molecule has 1 amide bonds. The Morgan fingerprint density at radius 2 is 1.65 bits per heavy atom. The van der Waals surface area contributed by atoms with Gasteiger partial charge in [-0.1, -0.05) is 36.4 Å². The summed E-state index contributed by atoms with van der Waals surface area (Å²) in [6.45, 7) is 0. The van der Waals surface area contributed by atoms with Gasteiger partial charge in [0, 0.05) is 36.9 Å². The highest BCUT2D eigenvalue weighted by atomic mass is 32.2. The van der Waals surface area contributed by atoms with Crippen LogP contribution in [0.1, 0.15) is 10.4 Å². The summed E-state index contributed by atoms with van der Waals surface area (Å²) in [5.41, 5.74) is 3.56. The zero-order valence-electron chi connectivity index (χ0n) is 17.1. The number of benzene rings is 3. The lowest BCUT2D eigenvalue weighted by Crippen LogP contribution is -2.22. The van der Waals surface area contributed by atoms with Crippen LogP contribution in [0.4, 0.5) is 5.69 Å². The van der Waals surface area contributed by atoms with E-state index in [0.29, 0.717) is 11.3 Å². The lowest BCUT2D eigenvalue weighted by molar-refractivity contribution is 0.102. The van der Waals surface area contributed by atoms with Gasteiger partial charge in [0.25, 0.3) is 5.91 Å². The molecule has 4 rings (SSSR count). The number of pyridine rings is 1. The van der Waals surface area contributed by atoms with Gasteiger partial charge in [0.15, 0.2) is 0 Å². The molecule has 0 saturated heterocycles. The van der Waals surface area contributed by atoms with Crippen molar-refractivity contribution in [2.24, 2.45) is 0 Å². The SMILES string of the molecule is CN(C)S(=O)(=O)c1cccc(-c2ccc(C(=O)Nc3ccc4cccnc4c3)cc2)c1. The van der Waals surface area contributed by atoms with E-state index >= 15 is 0 Å². The molecule has 0 bridgehead atoms. The number of rotatable bonds is 5. The minimum atomic E-state index is -3.52. The number of amides is 1. The van der Waals surface area contributed by atoms with Crippen LogP contribution < -0.4 is 5.32 Å². The molecular formula is C24H21N3O3S. The first-order valence-electron chi connectivity index (χ1n) is 9.64. The van der Waals surface area contributed by atoms with Crippen LogP contribution in [0.15, 0.2) is 90.0 Å². The van der Waals surface area contributed by atoms with Gasteiger partial charge in [-0.2, -0.15) is 0 Å². The highest BCUT2D eigenvalue weighted by Gasteiger charge is 2.17. The minimum Gasteiger partial charge on any atom is -0.322 e. The summed E-state index contributed by atoms with van der Waals surface area (Å²) < 4.78 is 25.9. The van der Waals surface area contributed by atoms with E-state index in [4.69, 9.17) is 0 Å². The third-order valence-electron chi connectivity index (χ3n) is 4.96. The Balaban J connectivity index is 1.54. The largest absolute Gasteiger partial charge is 0.322 e. The van der Waals surface area contributed by atoms with Gasteiger partial charge in [-0.05, 0) is 53.6 Å². The van der Waals surface area contributed by atoms with E-state index in [1.54, 1.807) is 48.7 Å². The summed E-state index contributed by atoms with van der Waals surface area (Å²) >= 11 is 0. The van der Waals surface area contributed by atoms with E-state index in [-0.39, 0.29) is 10.8 Å². The predicted octanol–water partition coefficient (Wildman–Crippen LogP) is 4.40. The number of hydrogen-bond acceptors (Lipinski definition) is 4. The van der Waals surface area contributed by atoms with E-state index in [9.17, 15) is 13.2 Å². The van der Waals surface area contributed by atoms with E-state index in [1.807, 2.05) is 36.4 Å². The topological polar surface area (TPSA) is 79.4 Å². The molecule has 0 aliphatic heterocycles. The summed E-state index contributed by atoms with van der Waals surface area (Å²) in [5, 5.41) is 3.89. The molecule has 0 aliphatic rings. The lowest BCUT2D eigenvalue weighted by atomic mass is 10.0. The Bertz CT molecular complexity index is 1360. The second kappa shape index (κ2) is 8.29. The fourth-order valence-electron chi connectivity index (χ4n) is 3.21. The summed E-state index contributed by atoms with van der Waals surface area (Å²) in [7, 11) is -0.513. The fourth-order valence-corrected chi connectivity index (χ4v) is 4.16. The van der Waals surface area contributed by atoms with Crippen LogP contribution in [-0.4, -0.2) is 37.7 Å². The van der Waals surface area contributed by atoms with Crippen LogP contribution in [0.25, 0.3) is 22.0 Å². The molecule has 7 heteroatoms. The molecule has 0 atom stereocenters. The molecule has 4 aromatic rings. The number of carbonyl (C=O) groups is 1. The highest BCUT2D eigenvalue weighted by molar-refractivity contribution is 7.89. The molecule has 0 spiro atoms. The maximum absolute atomic E-state index is 12.6. The summed E-state index contributed by atoms with van der Waals surface area (Å²) in [4.78, 5) is 17.2. The Labute approximate surface area is 181 Å². The van der Waals surface area contributed by atoms with Crippen LogP contribution >= 0.6 is 0 Å². The number of nitrogens with zero attached hydrogens (tertiary/aromatic N) is 2. The monoisotopic (exact) mass is 431 g/mol. The quantitative estimate of drug-likeness (QED) is 0.508. The first-order chi connectivity index (χ1) is 14.8. The molecule has 1 aromatic heterocycles. The number of anilines is 1. The maximum atomic E-state index is 12.6. The van der Waals surface area contributed by atoms with Crippen LogP contribution in [0.3, 0.4) is 0 Å². The first kappa shape index (κ1) is 20.7. The third-order valence-corrected chi connectivity index (χ3v) is 6.77. The molecule has 6 nitrogen and oxygen atoms in total. The number of carbonyl (C=O) groups excluding carboxylic acids is 1. The summed E-state index contributed by atoms with van der Waals surface area (Å²) in [6, 6.07) is 23.2. The highest BCUT2D eigenvalue weighted by Crippen LogP contribution is 2.24. The Kier molecular flexibility index (Phi) is 5.54. The van der Waals surface area contributed by atoms with Gasteiger partial charge < -0.3 is 5.32 Å². The predicted molar refractivity (Wildman–Crippen MR) is 122 cm³/mol. The van der Waals surface area contributed by atoms with Gasteiger partial charge in [-0.3, -0.25) is 9.78 Å². The van der Waals surface area contributed by atoms with Gasteiger partial charge >= 0.3 is 0 Å². The van der Waals surface area contributed by atoms with Crippen LogP contribution in [0.5, 0.6) is 0 Å². The third kappa shape index (κ3) is 4.33. The molecule has 0 saturated carbocycles. The second-order valence-corrected chi connectivity index (χ2v) is 9.41. The van der Waals surface area contributed by atoms with Gasteiger partial charge in [0.2, 0.25) is 10.0 Å². The van der Waals surface area contributed by atoms with Crippen molar-refractivity contribution in [3.05, 3.63) is 90.6 Å². The molecule has 0 aliphatic carbocycles. The van der Waals surface area contributed by atoms with Gasteiger partial charge in [-0.15, -0.1) is 0 Å². The molecule has 0 unspecified atom stereocenters. The van der Waals surface area contributed by atoms with Gasteiger partial charge in [0.05, 0.1) is 10.4 Å². The number of aromatic nitrogens is 1. The first-order valence-corrected chi connectivity index (χ1v) is 11.1. The summed E-state index contributed by atoms with van der Waals surface area (Å²) in [5.74, 6) is -0.231. The van der Waals surface area contributed by atoms with Crippen molar-refractivity contribution in [3.8, 4) is 11.1 Å². The van der Waals surface area contributed by atoms with E-state index < -0.39 is 10.0 Å². The van der Waals surface area contributed by atoms with Crippen LogP contribution in [0, 0.1) is 0 Å². The Hall–Kier alpha value is -3.55. The molecule has 1 N–H and O–H groups in total. The van der Waals surface area contributed by atoms with E-state index in [0.717, 1.165) is 22.0 Å². The van der Waals surface area contributed by atoms with Crippen molar-refractivity contribution < 1.29 is 13.2 Å². The zero-order valence-corrected chi connectivity index (χ0v) is 17.9. The average molecular weight is 432 g/mol. The smallest absolute Gasteiger partial charge is 0.255 e. The normalized spacial score (nSPS) is 11.6. The number of hydrogen-bond donors (Lipinski definition) is 1. The standard InChI is InChI=1S/C24H21N3O3S/c1-27(2)31(29,30)22-7-3-5-20(15-22)17-8-10-19(11-9-17)24(28)26-21-13-12-18-6-4-14-25-23(18)16-21/h3-16H,1-2H3,(H,26,28). The van der Waals surface area contributed by atoms with Crippen LogP contribution in [0.2, 0.25) is 0 Å². The lowest BCUT2D eigenvalue weighted by Gasteiger charge is -2.12. The number of nitrogens with one attached hydrogen (secondary N) is 1. The molecule has 0 fully saturated rings. The minimum absolute atomic E-state index is 0.224. The van der Waals surface area contributed by atoms with E-state index in [1.165, 1.54) is 18.4 Å². The van der Waals surface area contributed by atoms with Crippen molar-refractivity contribution >= 4 is 32.5 Å². The van der Waals surface area contributed by atoms with Crippen molar-refractivity contribution in [1.82, 2.24) is 9.29 Å². The second-order valence-electron chi connectivity index (χ2n) is 7.26. The van der Waals surface area contributed by atoms with Crippen molar-refractivity contribution in [3.63, 3.8) is 0 Å². The average Bonchev–Trinajstić information content (AvgIpc) is 2.79. The van der Waals surface area contributed by atoms with E-state index in [2.05, 4.69) is 10.3 Å². The zero-order chi connectivity index (χ0) is 22.0. The maximum Gasteiger partial charge on any atom is 0.255 e. The summed E-state index contributed by atoms with van der Waals surface area (Å²) in [6.07, 6.45) is 1.71. The van der Waals surface area contributed by atoms with Crippen LogP contribution in [-0.2, 0) is 10.0 Å².